The third-order valence-electron chi connectivity index (χ3n) is 3.87. The number of ether oxygens (including phenoxy) is 3. The zero-order valence-electron chi connectivity index (χ0n) is 15.8. The van der Waals surface area contributed by atoms with E-state index in [2.05, 4.69) is 5.32 Å². The Morgan fingerprint density at radius 3 is 2.32 bits per heavy atom. The summed E-state index contributed by atoms with van der Waals surface area (Å²) in [6, 6.07) is 24.4. The van der Waals surface area contributed by atoms with Crippen molar-refractivity contribution >= 4 is 11.6 Å². The largest absolute Gasteiger partial charge is 0.490 e. The van der Waals surface area contributed by atoms with Crippen LogP contribution in [-0.2, 0) is 4.79 Å². The van der Waals surface area contributed by atoms with E-state index in [0.717, 1.165) is 11.3 Å². The summed E-state index contributed by atoms with van der Waals surface area (Å²) in [6.45, 7) is 2.67. The van der Waals surface area contributed by atoms with Crippen LogP contribution < -0.4 is 19.5 Å². The molecule has 1 N–H and O–H groups in total. The number of benzene rings is 3. The molecule has 0 radical (unpaired) electrons. The highest BCUT2D eigenvalue weighted by atomic mass is 16.5. The first-order valence-corrected chi connectivity index (χ1v) is 9.10. The Labute approximate surface area is 164 Å². The Morgan fingerprint density at radius 2 is 1.50 bits per heavy atom. The predicted molar refractivity (Wildman–Crippen MR) is 109 cm³/mol. The average Bonchev–Trinajstić information content (AvgIpc) is 2.72. The Kier molecular flexibility index (Phi) is 6.90. The van der Waals surface area contributed by atoms with E-state index < -0.39 is 0 Å². The van der Waals surface area contributed by atoms with Gasteiger partial charge in [-0.2, -0.15) is 0 Å². The zero-order chi connectivity index (χ0) is 19.6. The molecule has 3 aromatic rings. The number of rotatable bonds is 9. The van der Waals surface area contributed by atoms with Crippen LogP contribution in [0.2, 0.25) is 0 Å². The maximum Gasteiger partial charge on any atom is 0.262 e. The minimum atomic E-state index is -0.252. The zero-order valence-corrected chi connectivity index (χ0v) is 15.8. The monoisotopic (exact) mass is 377 g/mol. The van der Waals surface area contributed by atoms with Crippen molar-refractivity contribution in [3.63, 3.8) is 0 Å². The van der Waals surface area contributed by atoms with Gasteiger partial charge in [-0.3, -0.25) is 4.79 Å². The van der Waals surface area contributed by atoms with Gasteiger partial charge in [-0.15, -0.1) is 0 Å². The van der Waals surface area contributed by atoms with Crippen LogP contribution in [0, 0.1) is 6.92 Å². The van der Waals surface area contributed by atoms with Crippen molar-refractivity contribution in [1.82, 2.24) is 0 Å². The van der Waals surface area contributed by atoms with Crippen molar-refractivity contribution in [3.05, 3.63) is 84.4 Å². The molecule has 5 heteroatoms. The summed E-state index contributed by atoms with van der Waals surface area (Å²) >= 11 is 0. The Bertz CT molecular complexity index is 896. The average molecular weight is 377 g/mol. The molecule has 0 unspecified atom stereocenters. The second-order valence-corrected chi connectivity index (χ2v) is 6.16. The van der Waals surface area contributed by atoms with Gasteiger partial charge in [0.05, 0.1) is 5.69 Å². The summed E-state index contributed by atoms with van der Waals surface area (Å²) in [4.78, 5) is 12.2. The number of amides is 1. The van der Waals surface area contributed by atoms with Gasteiger partial charge in [0, 0.05) is 0 Å². The highest BCUT2D eigenvalue weighted by Crippen LogP contribution is 2.23. The van der Waals surface area contributed by atoms with Crippen LogP contribution in [0.3, 0.4) is 0 Å². The smallest absolute Gasteiger partial charge is 0.262 e. The van der Waals surface area contributed by atoms with Crippen LogP contribution >= 0.6 is 0 Å². The van der Waals surface area contributed by atoms with E-state index in [9.17, 15) is 4.79 Å². The molecule has 0 aliphatic rings. The van der Waals surface area contributed by atoms with Crippen LogP contribution in [-0.4, -0.2) is 25.7 Å². The fourth-order valence-corrected chi connectivity index (χ4v) is 2.56. The van der Waals surface area contributed by atoms with E-state index in [-0.39, 0.29) is 12.5 Å². The second kappa shape index (κ2) is 10.0. The van der Waals surface area contributed by atoms with Crippen LogP contribution in [0.4, 0.5) is 5.69 Å². The summed E-state index contributed by atoms with van der Waals surface area (Å²) < 4.78 is 16.9. The molecule has 0 fully saturated rings. The lowest BCUT2D eigenvalue weighted by atomic mass is 10.2. The third-order valence-corrected chi connectivity index (χ3v) is 3.87. The highest BCUT2D eigenvalue weighted by molar-refractivity contribution is 5.93. The number of nitrogens with one attached hydrogen (secondary N) is 1. The van der Waals surface area contributed by atoms with Gasteiger partial charge < -0.3 is 19.5 Å². The SMILES string of the molecule is Cc1cccc(OCC(=O)Nc2ccccc2OCCOc2ccccc2)c1. The van der Waals surface area contributed by atoms with Gasteiger partial charge >= 0.3 is 0 Å². The van der Waals surface area contributed by atoms with E-state index in [1.165, 1.54) is 0 Å². The molecule has 5 nitrogen and oxygen atoms in total. The summed E-state index contributed by atoms with van der Waals surface area (Å²) in [5, 5.41) is 2.82. The lowest BCUT2D eigenvalue weighted by molar-refractivity contribution is -0.118. The van der Waals surface area contributed by atoms with Crippen molar-refractivity contribution in [2.24, 2.45) is 0 Å². The molecular weight excluding hydrogens is 354 g/mol. The molecule has 0 spiro atoms. The van der Waals surface area contributed by atoms with E-state index in [4.69, 9.17) is 14.2 Å². The number of aryl methyl sites for hydroxylation is 1. The molecule has 0 aromatic heterocycles. The van der Waals surface area contributed by atoms with E-state index in [0.29, 0.717) is 30.4 Å². The topological polar surface area (TPSA) is 56.8 Å². The van der Waals surface area contributed by atoms with Crippen molar-refractivity contribution in [2.75, 3.05) is 25.1 Å². The first-order chi connectivity index (χ1) is 13.7. The second-order valence-electron chi connectivity index (χ2n) is 6.16. The molecular formula is C23H23NO4. The number of carbonyl (C=O) groups is 1. The van der Waals surface area contributed by atoms with Gasteiger partial charge in [0.15, 0.2) is 6.61 Å². The van der Waals surface area contributed by atoms with E-state index in [1.807, 2.05) is 73.7 Å². The highest BCUT2D eigenvalue weighted by Gasteiger charge is 2.08. The minimum Gasteiger partial charge on any atom is -0.490 e. The first-order valence-electron chi connectivity index (χ1n) is 9.10. The molecule has 0 aliphatic carbocycles. The van der Waals surface area contributed by atoms with Gasteiger partial charge in [0.25, 0.3) is 5.91 Å². The molecule has 144 valence electrons. The number of carbonyl (C=O) groups excluding carboxylic acids is 1. The Morgan fingerprint density at radius 1 is 0.786 bits per heavy atom. The number of hydrogen-bond acceptors (Lipinski definition) is 4. The molecule has 3 aromatic carbocycles. The molecule has 0 saturated heterocycles. The van der Waals surface area contributed by atoms with Gasteiger partial charge in [-0.05, 0) is 48.9 Å². The van der Waals surface area contributed by atoms with Crippen LogP contribution in [0.25, 0.3) is 0 Å². The molecule has 1 amide bonds. The van der Waals surface area contributed by atoms with Crippen LogP contribution in [0.5, 0.6) is 17.2 Å². The summed E-state index contributed by atoms with van der Waals surface area (Å²) in [5.74, 6) is 1.79. The Balaban J connectivity index is 1.48. The summed E-state index contributed by atoms with van der Waals surface area (Å²) in [6.07, 6.45) is 0. The molecule has 3 rings (SSSR count). The van der Waals surface area contributed by atoms with Gasteiger partial charge in [-0.1, -0.05) is 42.5 Å². The normalized spacial score (nSPS) is 10.2. The van der Waals surface area contributed by atoms with Gasteiger partial charge in [0.1, 0.15) is 30.5 Å². The maximum absolute atomic E-state index is 12.2. The van der Waals surface area contributed by atoms with Crippen molar-refractivity contribution < 1.29 is 19.0 Å². The lowest BCUT2D eigenvalue weighted by Crippen LogP contribution is -2.21. The number of anilines is 1. The number of para-hydroxylation sites is 3. The maximum atomic E-state index is 12.2. The van der Waals surface area contributed by atoms with Gasteiger partial charge in [0.2, 0.25) is 0 Å². The molecule has 0 aliphatic heterocycles. The van der Waals surface area contributed by atoms with Crippen molar-refractivity contribution in [3.8, 4) is 17.2 Å². The van der Waals surface area contributed by atoms with Crippen molar-refractivity contribution in [1.29, 1.82) is 0 Å². The standard InChI is InChI=1S/C23H23NO4/c1-18-8-7-11-20(16-18)28-17-23(25)24-21-12-5-6-13-22(21)27-15-14-26-19-9-3-2-4-10-19/h2-13,16H,14-15,17H2,1H3,(H,24,25). The summed E-state index contributed by atoms with van der Waals surface area (Å²) in [7, 11) is 0. The fraction of sp³-hybridized carbons (Fsp3) is 0.174. The van der Waals surface area contributed by atoms with Crippen molar-refractivity contribution in [2.45, 2.75) is 6.92 Å². The van der Waals surface area contributed by atoms with E-state index in [1.54, 1.807) is 12.1 Å². The first kappa shape index (κ1) is 19.3. The van der Waals surface area contributed by atoms with E-state index >= 15 is 0 Å². The third kappa shape index (κ3) is 6.06. The predicted octanol–water partition coefficient (Wildman–Crippen LogP) is 4.47. The fourth-order valence-electron chi connectivity index (χ4n) is 2.56. The number of hydrogen-bond donors (Lipinski definition) is 1. The van der Waals surface area contributed by atoms with Crippen LogP contribution in [0.15, 0.2) is 78.9 Å². The lowest BCUT2D eigenvalue weighted by Gasteiger charge is -2.13. The molecule has 0 heterocycles. The molecule has 0 bridgehead atoms. The Hall–Kier alpha value is -3.47. The minimum absolute atomic E-state index is 0.0745. The van der Waals surface area contributed by atoms with Crippen LogP contribution in [0.1, 0.15) is 5.56 Å². The molecule has 28 heavy (non-hydrogen) atoms. The van der Waals surface area contributed by atoms with Gasteiger partial charge in [-0.25, -0.2) is 0 Å². The molecule has 0 saturated carbocycles. The quantitative estimate of drug-likeness (QED) is 0.559. The summed E-state index contributed by atoms with van der Waals surface area (Å²) in [5.41, 5.74) is 1.68. The molecule has 0 atom stereocenters.